The largest absolute Gasteiger partial charge is 0.497 e. The summed E-state index contributed by atoms with van der Waals surface area (Å²) in [5.74, 6) is 0.815. The number of carbonyl (C=O) groups is 1. The molecule has 0 aliphatic carbocycles. The SMILES string of the molecule is COc1ccc(CCNC(=O)CN2CCN(c3ccccc3[N+](=O)[O-])CC2)cc1. The van der Waals surface area contributed by atoms with E-state index in [4.69, 9.17) is 4.74 Å². The zero-order valence-corrected chi connectivity index (χ0v) is 16.5. The van der Waals surface area contributed by atoms with E-state index in [0.29, 0.717) is 45.0 Å². The number of ether oxygens (including phenoxy) is 1. The molecule has 0 atom stereocenters. The summed E-state index contributed by atoms with van der Waals surface area (Å²) in [7, 11) is 1.64. The van der Waals surface area contributed by atoms with Gasteiger partial charge in [-0.25, -0.2) is 0 Å². The number of hydrogen-bond donors (Lipinski definition) is 1. The standard InChI is InChI=1S/C21H26N4O4/c1-29-18-8-6-17(7-9-18)10-11-22-21(26)16-23-12-14-24(15-13-23)19-4-2-3-5-20(19)25(27)28/h2-9H,10-16H2,1H3,(H,22,26). The van der Waals surface area contributed by atoms with Crippen LogP contribution in [0.25, 0.3) is 0 Å². The smallest absolute Gasteiger partial charge is 0.292 e. The van der Waals surface area contributed by atoms with Crippen LogP contribution in [0.3, 0.4) is 0 Å². The number of amides is 1. The third-order valence-corrected chi connectivity index (χ3v) is 5.05. The minimum Gasteiger partial charge on any atom is -0.497 e. The van der Waals surface area contributed by atoms with Gasteiger partial charge in [0.25, 0.3) is 5.69 Å². The number of para-hydroxylation sites is 2. The Morgan fingerprint density at radius 2 is 1.79 bits per heavy atom. The number of nitro groups is 1. The Morgan fingerprint density at radius 1 is 1.10 bits per heavy atom. The molecule has 8 nitrogen and oxygen atoms in total. The zero-order valence-electron chi connectivity index (χ0n) is 16.5. The summed E-state index contributed by atoms with van der Waals surface area (Å²) in [4.78, 5) is 27.2. The van der Waals surface area contributed by atoms with Gasteiger partial charge in [0.05, 0.1) is 18.6 Å². The van der Waals surface area contributed by atoms with Crippen molar-refractivity contribution in [3.05, 3.63) is 64.2 Å². The number of benzene rings is 2. The summed E-state index contributed by atoms with van der Waals surface area (Å²) in [6.07, 6.45) is 0.765. The van der Waals surface area contributed by atoms with Gasteiger partial charge in [-0.15, -0.1) is 0 Å². The van der Waals surface area contributed by atoms with E-state index in [2.05, 4.69) is 10.2 Å². The van der Waals surface area contributed by atoms with Gasteiger partial charge in [0.15, 0.2) is 0 Å². The van der Waals surface area contributed by atoms with Crippen molar-refractivity contribution in [1.29, 1.82) is 0 Å². The molecule has 154 valence electrons. The average Bonchev–Trinajstić information content (AvgIpc) is 2.75. The fraction of sp³-hybridized carbons (Fsp3) is 0.381. The summed E-state index contributed by atoms with van der Waals surface area (Å²) < 4.78 is 5.14. The van der Waals surface area contributed by atoms with Crippen molar-refractivity contribution in [1.82, 2.24) is 10.2 Å². The number of methoxy groups -OCH3 is 1. The lowest BCUT2D eigenvalue weighted by molar-refractivity contribution is -0.384. The third-order valence-electron chi connectivity index (χ3n) is 5.05. The normalized spacial score (nSPS) is 14.4. The molecule has 2 aromatic rings. The lowest BCUT2D eigenvalue weighted by Crippen LogP contribution is -2.49. The van der Waals surface area contributed by atoms with Gasteiger partial charge in [-0.05, 0) is 30.2 Å². The molecule has 1 aliphatic heterocycles. The first-order chi connectivity index (χ1) is 14.1. The molecular formula is C21H26N4O4. The topological polar surface area (TPSA) is 88.0 Å². The molecule has 0 spiro atoms. The molecule has 2 aromatic carbocycles. The Morgan fingerprint density at radius 3 is 2.45 bits per heavy atom. The molecule has 3 rings (SSSR count). The number of rotatable bonds is 8. The van der Waals surface area contributed by atoms with Crippen LogP contribution in [-0.4, -0.2) is 62.1 Å². The number of nitrogens with one attached hydrogen (secondary N) is 1. The second-order valence-electron chi connectivity index (χ2n) is 6.96. The molecule has 1 fully saturated rings. The van der Waals surface area contributed by atoms with E-state index in [9.17, 15) is 14.9 Å². The van der Waals surface area contributed by atoms with Crippen molar-refractivity contribution in [2.75, 3.05) is 51.3 Å². The molecule has 0 aromatic heterocycles. The highest BCUT2D eigenvalue weighted by Crippen LogP contribution is 2.28. The molecule has 0 saturated carbocycles. The summed E-state index contributed by atoms with van der Waals surface area (Å²) >= 11 is 0. The van der Waals surface area contributed by atoms with Crippen LogP contribution in [0.2, 0.25) is 0 Å². The Bertz CT molecular complexity index is 833. The third kappa shape index (κ3) is 5.68. The second kappa shape index (κ2) is 9.88. The van der Waals surface area contributed by atoms with Crippen LogP contribution in [0.1, 0.15) is 5.56 Å². The summed E-state index contributed by atoms with van der Waals surface area (Å²) in [6.45, 7) is 3.62. The van der Waals surface area contributed by atoms with Gasteiger partial charge in [0, 0.05) is 38.8 Å². The minimum atomic E-state index is -0.349. The molecule has 29 heavy (non-hydrogen) atoms. The van der Waals surface area contributed by atoms with E-state index in [-0.39, 0.29) is 16.5 Å². The molecule has 1 amide bonds. The fourth-order valence-electron chi connectivity index (χ4n) is 3.43. The summed E-state index contributed by atoms with van der Waals surface area (Å²) in [6, 6.07) is 14.6. The highest BCUT2D eigenvalue weighted by atomic mass is 16.6. The van der Waals surface area contributed by atoms with Crippen molar-refractivity contribution >= 4 is 17.3 Å². The lowest BCUT2D eigenvalue weighted by atomic mass is 10.1. The van der Waals surface area contributed by atoms with Crippen LogP contribution in [0.4, 0.5) is 11.4 Å². The van der Waals surface area contributed by atoms with Crippen molar-refractivity contribution in [3.63, 3.8) is 0 Å². The van der Waals surface area contributed by atoms with E-state index >= 15 is 0 Å². The molecule has 8 heteroatoms. The number of hydrogen-bond acceptors (Lipinski definition) is 6. The average molecular weight is 398 g/mol. The molecule has 1 heterocycles. The van der Waals surface area contributed by atoms with Crippen molar-refractivity contribution in [3.8, 4) is 5.75 Å². The zero-order chi connectivity index (χ0) is 20.6. The number of carbonyl (C=O) groups excluding carboxylic acids is 1. The predicted molar refractivity (Wildman–Crippen MR) is 111 cm³/mol. The van der Waals surface area contributed by atoms with E-state index < -0.39 is 0 Å². The first-order valence-corrected chi connectivity index (χ1v) is 9.67. The number of piperazine rings is 1. The first kappa shape index (κ1) is 20.6. The minimum absolute atomic E-state index is 0.00217. The highest BCUT2D eigenvalue weighted by Gasteiger charge is 2.24. The first-order valence-electron chi connectivity index (χ1n) is 9.67. The number of nitrogens with zero attached hydrogens (tertiary/aromatic N) is 3. The molecule has 0 radical (unpaired) electrons. The highest BCUT2D eigenvalue weighted by molar-refractivity contribution is 5.78. The Balaban J connectivity index is 1.41. The predicted octanol–water partition coefficient (Wildman–Crippen LogP) is 2.08. The van der Waals surface area contributed by atoms with Gasteiger partial charge in [-0.3, -0.25) is 19.8 Å². The van der Waals surface area contributed by atoms with Crippen molar-refractivity contribution in [2.24, 2.45) is 0 Å². The van der Waals surface area contributed by atoms with Crippen LogP contribution in [-0.2, 0) is 11.2 Å². The van der Waals surface area contributed by atoms with Gasteiger partial charge in [-0.2, -0.15) is 0 Å². The fourth-order valence-corrected chi connectivity index (χ4v) is 3.43. The maximum absolute atomic E-state index is 12.2. The molecule has 0 bridgehead atoms. The molecule has 0 unspecified atom stereocenters. The molecule has 1 N–H and O–H groups in total. The van der Waals surface area contributed by atoms with Gasteiger partial charge in [0.1, 0.15) is 11.4 Å². The monoisotopic (exact) mass is 398 g/mol. The summed E-state index contributed by atoms with van der Waals surface area (Å²) in [5.41, 5.74) is 1.91. The van der Waals surface area contributed by atoms with Crippen LogP contribution in [0, 0.1) is 10.1 Å². The number of nitro benzene ring substituents is 1. The summed E-state index contributed by atoms with van der Waals surface area (Å²) in [5, 5.41) is 14.2. The van der Waals surface area contributed by atoms with E-state index in [1.54, 1.807) is 19.2 Å². The molecule has 1 aliphatic rings. The van der Waals surface area contributed by atoms with Crippen molar-refractivity contribution in [2.45, 2.75) is 6.42 Å². The molecular weight excluding hydrogens is 372 g/mol. The van der Waals surface area contributed by atoms with Gasteiger partial charge >= 0.3 is 0 Å². The second-order valence-corrected chi connectivity index (χ2v) is 6.96. The number of anilines is 1. The van der Waals surface area contributed by atoms with Gasteiger partial charge < -0.3 is 15.0 Å². The van der Waals surface area contributed by atoms with E-state index in [1.807, 2.05) is 35.2 Å². The van der Waals surface area contributed by atoms with Gasteiger partial charge in [0.2, 0.25) is 5.91 Å². The Hall–Kier alpha value is -3.13. The quantitative estimate of drug-likeness (QED) is 0.541. The lowest BCUT2D eigenvalue weighted by Gasteiger charge is -2.35. The Kier molecular flexibility index (Phi) is 7.02. The van der Waals surface area contributed by atoms with E-state index in [1.165, 1.54) is 6.07 Å². The van der Waals surface area contributed by atoms with Crippen molar-refractivity contribution < 1.29 is 14.5 Å². The maximum atomic E-state index is 12.2. The van der Waals surface area contributed by atoms with Crippen LogP contribution < -0.4 is 15.0 Å². The van der Waals surface area contributed by atoms with Crippen LogP contribution in [0.15, 0.2) is 48.5 Å². The van der Waals surface area contributed by atoms with Gasteiger partial charge in [-0.1, -0.05) is 24.3 Å². The van der Waals surface area contributed by atoms with Crippen LogP contribution in [0.5, 0.6) is 5.75 Å². The van der Waals surface area contributed by atoms with Crippen LogP contribution >= 0.6 is 0 Å². The molecule has 1 saturated heterocycles. The maximum Gasteiger partial charge on any atom is 0.292 e. The Labute approximate surface area is 170 Å². The van der Waals surface area contributed by atoms with E-state index in [0.717, 1.165) is 17.7 Å².